The molecule has 0 radical (unpaired) electrons. The number of nitrogens with one attached hydrogen (secondary N) is 1. The minimum atomic E-state index is -1.44. The Labute approximate surface area is 56.0 Å². The molecule has 6 heteroatoms. The number of carboxylic acid groups (broad SMARTS) is 1. The van der Waals surface area contributed by atoms with Gasteiger partial charge in [0.2, 0.25) is 5.95 Å². The van der Waals surface area contributed by atoms with Gasteiger partial charge in [-0.2, -0.15) is 0 Å². The van der Waals surface area contributed by atoms with Crippen molar-refractivity contribution in [3.8, 4) is 0 Å². The Bertz CT molecular complexity index is 224. The standard InChI is InChI=1S/C4H4N4O2/c9-4(10)8-3-6-1-5-2-7-3/h1-2H,(H,9,10)(H,5,6,7,8)/p-1. The summed E-state index contributed by atoms with van der Waals surface area (Å²) in [6.07, 6.45) is 0.919. The van der Waals surface area contributed by atoms with Crippen molar-refractivity contribution >= 4 is 12.0 Å². The summed E-state index contributed by atoms with van der Waals surface area (Å²) in [7, 11) is 0. The Balaban J connectivity index is 2.67. The summed E-state index contributed by atoms with van der Waals surface area (Å²) in [5.41, 5.74) is 0. The number of hydrogen-bond acceptors (Lipinski definition) is 5. The minimum absolute atomic E-state index is 0.0324. The van der Waals surface area contributed by atoms with Gasteiger partial charge in [0.25, 0.3) is 0 Å². The highest BCUT2D eigenvalue weighted by molar-refractivity contribution is 5.77. The van der Waals surface area contributed by atoms with Crippen LogP contribution in [0.3, 0.4) is 0 Å². The first kappa shape index (κ1) is 6.40. The van der Waals surface area contributed by atoms with E-state index in [4.69, 9.17) is 0 Å². The van der Waals surface area contributed by atoms with Gasteiger partial charge in [-0.15, -0.1) is 0 Å². The van der Waals surface area contributed by atoms with E-state index in [1.54, 1.807) is 0 Å². The van der Waals surface area contributed by atoms with Crippen molar-refractivity contribution in [2.24, 2.45) is 0 Å². The summed E-state index contributed by atoms with van der Waals surface area (Å²) in [5.74, 6) is -0.0324. The van der Waals surface area contributed by atoms with Gasteiger partial charge in [0, 0.05) is 0 Å². The third kappa shape index (κ3) is 1.66. The second-order valence-corrected chi connectivity index (χ2v) is 1.37. The fourth-order valence-corrected chi connectivity index (χ4v) is 0.395. The molecule has 6 nitrogen and oxygen atoms in total. The molecule has 0 aliphatic heterocycles. The number of aromatic nitrogens is 3. The number of amides is 1. The Hall–Kier alpha value is -1.72. The maximum absolute atomic E-state index is 9.85. The normalized spacial score (nSPS) is 8.80. The zero-order valence-electron chi connectivity index (χ0n) is 4.81. The molecule has 0 saturated carbocycles. The number of rotatable bonds is 1. The van der Waals surface area contributed by atoms with Crippen molar-refractivity contribution in [3.05, 3.63) is 12.7 Å². The first-order valence-electron chi connectivity index (χ1n) is 2.39. The maximum Gasteiger partial charge on any atom is 0.231 e. The van der Waals surface area contributed by atoms with Crippen LogP contribution in [-0.2, 0) is 0 Å². The molecule has 0 aromatic carbocycles. The van der Waals surface area contributed by atoms with Crippen LogP contribution < -0.4 is 10.4 Å². The monoisotopic (exact) mass is 139 g/mol. The van der Waals surface area contributed by atoms with E-state index in [0.717, 1.165) is 0 Å². The molecule has 1 aromatic rings. The van der Waals surface area contributed by atoms with Crippen molar-refractivity contribution in [2.45, 2.75) is 0 Å². The van der Waals surface area contributed by atoms with Gasteiger partial charge >= 0.3 is 0 Å². The average Bonchev–Trinajstić information content (AvgIpc) is 1.88. The third-order valence-electron chi connectivity index (χ3n) is 0.707. The Kier molecular flexibility index (Phi) is 1.74. The van der Waals surface area contributed by atoms with Crippen LogP contribution in [0, 0.1) is 0 Å². The van der Waals surface area contributed by atoms with Gasteiger partial charge in [-0.25, -0.2) is 15.0 Å². The fourth-order valence-electron chi connectivity index (χ4n) is 0.395. The molecule has 0 spiro atoms. The molecule has 0 aliphatic carbocycles. The second kappa shape index (κ2) is 2.72. The molecule has 1 rings (SSSR count). The summed E-state index contributed by atoms with van der Waals surface area (Å²) >= 11 is 0. The lowest BCUT2D eigenvalue weighted by molar-refractivity contribution is -0.242. The predicted octanol–water partition coefficient (Wildman–Crippen LogP) is -1.37. The molecule has 0 atom stereocenters. The Morgan fingerprint density at radius 1 is 1.50 bits per heavy atom. The lowest BCUT2D eigenvalue weighted by Crippen LogP contribution is -2.29. The number of carbonyl (C=O) groups is 1. The molecular weight excluding hydrogens is 136 g/mol. The number of anilines is 1. The number of nitrogens with zero attached hydrogens (tertiary/aromatic N) is 3. The molecule has 1 aromatic heterocycles. The molecule has 1 N–H and O–H groups in total. The van der Waals surface area contributed by atoms with Crippen molar-refractivity contribution in [1.82, 2.24) is 15.0 Å². The average molecular weight is 139 g/mol. The van der Waals surface area contributed by atoms with Crippen LogP contribution in [0.2, 0.25) is 0 Å². The SMILES string of the molecule is O=C([O-])Nc1ncncn1. The van der Waals surface area contributed by atoms with Crippen LogP contribution in [0.1, 0.15) is 0 Å². The quantitative estimate of drug-likeness (QED) is 0.518. The van der Waals surface area contributed by atoms with Gasteiger partial charge in [0.05, 0.1) is 0 Å². The summed E-state index contributed by atoms with van der Waals surface area (Å²) in [5, 5.41) is 11.7. The number of carbonyl (C=O) groups excluding carboxylic acids is 1. The van der Waals surface area contributed by atoms with Crippen LogP contribution in [0.25, 0.3) is 0 Å². The molecule has 10 heavy (non-hydrogen) atoms. The molecule has 0 unspecified atom stereocenters. The molecule has 0 fully saturated rings. The minimum Gasteiger partial charge on any atom is -0.530 e. The Morgan fingerprint density at radius 3 is 2.60 bits per heavy atom. The molecular formula is C4H3N4O2-. The zero-order chi connectivity index (χ0) is 7.40. The van der Waals surface area contributed by atoms with Crippen LogP contribution in [0.4, 0.5) is 10.7 Å². The van der Waals surface area contributed by atoms with Gasteiger partial charge in [0.15, 0.2) is 0 Å². The lowest BCUT2D eigenvalue weighted by atomic mass is 10.9. The van der Waals surface area contributed by atoms with Gasteiger partial charge < -0.3 is 15.2 Å². The maximum atomic E-state index is 9.85. The van der Waals surface area contributed by atoms with E-state index in [9.17, 15) is 9.90 Å². The molecule has 52 valence electrons. The highest BCUT2D eigenvalue weighted by Crippen LogP contribution is 1.88. The van der Waals surface area contributed by atoms with E-state index in [1.807, 2.05) is 5.32 Å². The number of hydrogen-bond donors (Lipinski definition) is 1. The summed E-state index contributed by atoms with van der Waals surface area (Å²) in [6, 6.07) is 0. The first-order chi connectivity index (χ1) is 4.79. The smallest absolute Gasteiger partial charge is 0.231 e. The topological polar surface area (TPSA) is 90.8 Å². The summed E-state index contributed by atoms with van der Waals surface area (Å²) in [6.45, 7) is 0. The zero-order valence-corrected chi connectivity index (χ0v) is 4.81. The van der Waals surface area contributed by atoms with Crippen molar-refractivity contribution < 1.29 is 9.90 Å². The summed E-state index contributed by atoms with van der Waals surface area (Å²) in [4.78, 5) is 20.3. The van der Waals surface area contributed by atoms with Gasteiger partial charge in [-0.3, -0.25) is 0 Å². The van der Waals surface area contributed by atoms with E-state index in [2.05, 4.69) is 15.0 Å². The van der Waals surface area contributed by atoms with Gasteiger partial charge in [0.1, 0.15) is 18.7 Å². The summed E-state index contributed by atoms with van der Waals surface area (Å²) < 4.78 is 0. The van der Waals surface area contributed by atoms with Crippen LogP contribution in [0.5, 0.6) is 0 Å². The molecule has 0 aliphatic rings. The van der Waals surface area contributed by atoms with Crippen LogP contribution in [-0.4, -0.2) is 21.0 Å². The highest BCUT2D eigenvalue weighted by Gasteiger charge is 1.89. The van der Waals surface area contributed by atoms with Gasteiger partial charge in [-0.05, 0) is 0 Å². The highest BCUT2D eigenvalue weighted by atomic mass is 16.4. The van der Waals surface area contributed by atoms with Gasteiger partial charge in [-0.1, -0.05) is 0 Å². The van der Waals surface area contributed by atoms with E-state index < -0.39 is 6.09 Å². The van der Waals surface area contributed by atoms with Crippen LogP contribution in [0.15, 0.2) is 12.7 Å². The first-order valence-corrected chi connectivity index (χ1v) is 2.39. The van der Waals surface area contributed by atoms with E-state index in [1.165, 1.54) is 12.7 Å². The molecule has 1 heterocycles. The van der Waals surface area contributed by atoms with Crippen molar-refractivity contribution in [2.75, 3.05) is 5.32 Å². The predicted molar refractivity (Wildman–Crippen MR) is 28.8 cm³/mol. The molecule has 1 amide bonds. The fraction of sp³-hybridized carbons (Fsp3) is 0. The Morgan fingerprint density at radius 2 is 2.10 bits per heavy atom. The van der Waals surface area contributed by atoms with Crippen LogP contribution >= 0.6 is 0 Å². The largest absolute Gasteiger partial charge is 0.530 e. The molecule has 0 bridgehead atoms. The van der Waals surface area contributed by atoms with E-state index in [0.29, 0.717) is 0 Å². The second-order valence-electron chi connectivity index (χ2n) is 1.37. The molecule has 0 saturated heterocycles. The van der Waals surface area contributed by atoms with Crippen molar-refractivity contribution in [1.29, 1.82) is 0 Å². The lowest BCUT2D eigenvalue weighted by Gasteiger charge is -2.01. The van der Waals surface area contributed by atoms with Crippen molar-refractivity contribution in [3.63, 3.8) is 0 Å². The van der Waals surface area contributed by atoms with E-state index >= 15 is 0 Å². The third-order valence-corrected chi connectivity index (χ3v) is 0.707. The van der Waals surface area contributed by atoms with E-state index in [-0.39, 0.29) is 5.95 Å².